The molecule has 0 unspecified atom stereocenters. The van der Waals surface area contributed by atoms with Crippen molar-refractivity contribution in [1.29, 1.82) is 0 Å². The van der Waals surface area contributed by atoms with Crippen LogP contribution in [0, 0.1) is 0 Å². The number of para-hydroxylation sites is 1. The van der Waals surface area contributed by atoms with Crippen LogP contribution >= 0.6 is 15.9 Å². The topological polar surface area (TPSA) is 22.1 Å². The SMILES string of the molecule is Brc1cccc(Oc2ccnc3ccccc23)c1. The Morgan fingerprint density at radius 2 is 1.83 bits per heavy atom. The van der Waals surface area contributed by atoms with Crippen LogP contribution in [0.4, 0.5) is 0 Å². The van der Waals surface area contributed by atoms with Crippen molar-refractivity contribution in [2.45, 2.75) is 0 Å². The summed E-state index contributed by atoms with van der Waals surface area (Å²) < 4.78 is 6.90. The molecule has 0 atom stereocenters. The van der Waals surface area contributed by atoms with Crippen LogP contribution in [0.1, 0.15) is 0 Å². The minimum absolute atomic E-state index is 0.806. The van der Waals surface area contributed by atoms with Gasteiger partial charge in [0.25, 0.3) is 0 Å². The third-order valence-electron chi connectivity index (χ3n) is 2.63. The van der Waals surface area contributed by atoms with Gasteiger partial charge in [-0.25, -0.2) is 0 Å². The van der Waals surface area contributed by atoms with Gasteiger partial charge < -0.3 is 4.74 Å². The van der Waals surface area contributed by atoms with E-state index in [1.54, 1.807) is 6.20 Å². The standard InChI is InChI=1S/C15H10BrNO/c16-11-4-3-5-12(10-11)18-15-8-9-17-14-7-2-1-6-13(14)15/h1-10H. The second-order valence-electron chi connectivity index (χ2n) is 3.89. The molecule has 88 valence electrons. The van der Waals surface area contributed by atoms with E-state index in [0.717, 1.165) is 26.9 Å². The second-order valence-corrected chi connectivity index (χ2v) is 4.80. The van der Waals surface area contributed by atoms with Gasteiger partial charge in [0.2, 0.25) is 0 Å². The molecule has 0 N–H and O–H groups in total. The molecule has 2 aromatic carbocycles. The summed E-state index contributed by atoms with van der Waals surface area (Å²) >= 11 is 3.43. The molecule has 0 aliphatic carbocycles. The van der Waals surface area contributed by atoms with Crippen LogP contribution in [0.5, 0.6) is 11.5 Å². The van der Waals surface area contributed by atoms with Gasteiger partial charge >= 0.3 is 0 Å². The van der Waals surface area contributed by atoms with E-state index < -0.39 is 0 Å². The van der Waals surface area contributed by atoms with Crippen LogP contribution in [0.25, 0.3) is 10.9 Å². The Labute approximate surface area is 113 Å². The Morgan fingerprint density at radius 1 is 0.944 bits per heavy atom. The quantitative estimate of drug-likeness (QED) is 0.679. The summed E-state index contributed by atoms with van der Waals surface area (Å²) in [4.78, 5) is 4.31. The molecule has 0 bridgehead atoms. The van der Waals surface area contributed by atoms with Crippen LogP contribution in [0.15, 0.2) is 65.3 Å². The Balaban J connectivity index is 2.05. The lowest BCUT2D eigenvalue weighted by Gasteiger charge is -2.08. The number of fused-ring (bicyclic) bond motifs is 1. The molecule has 1 heterocycles. The minimum Gasteiger partial charge on any atom is -0.457 e. The van der Waals surface area contributed by atoms with Gasteiger partial charge in [-0.2, -0.15) is 0 Å². The van der Waals surface area contributed by atoms with Gasteiger partial charge in [-0.3, -0.25) is 4.98 Å². The fraction of sp³-hybridized carbons (Fsp3) is 0. The first-order valence-electron chi connectivity index (χ1n) is 5.60. The number of ether oxygens (including phenoxy) is 1. The zero-order valence-electron chi connectivity index (χ0n) is 9.51. The fourth-order valence-electron chi connectivity index (χ4n) is 1.82. The Morgan fingerprint density at radius 3 is 2.72 bits per heavy atom. The van der Waals surface area contributed by atoms with Crippen LogP contribution in [0.2, 0.25) is 0 Å². The van der Waals surface area contributed by atoms with E-state index in [0.29, 0.717) is 0 Å². The van der Waals surface area contributed by atoms with Gasteiger partial charge in [-0.1, -0.05) is 34.1 Å². The summed E-state index contributed by atoms with van der Waals surface area (Å²) in [6, 6.07) is 17.6. The highest BCUT2D eigenvalue weighted by Gasteiger charge is 2.03. The number of hydrogen-bond acceptors (Lipinski definition) is 2. The van der Waals surface area contributed by atoms with Gasteiger partial charge in [0, 0.05) is 16.1 Å². The van der Waals surface area contributed by atoms with E-state index in [1.807, 2.05) is 54.6 Å². The van der Waals surface area contributed by atoms with Crippen molar-refractivity contribution in [2.24, 2.45) is 0 Å². The number of nitrogens with zero attached hydrogens (tertiary/aromatic N) is 1. The van der Waals surface area contributed by atoms with Gasteiger partial charge in [-0.15, -0.1) is 0 Å². The number of rotatable bonds is 2. The molecule has 0 aliphatic rings. The lowest BCUT2D eigenvalue weighted by Crippen LogP contribution is -1.87. The van der Waals surface area contributed by atoms with Gasteiger partial charge in [-0.05, 0) is 36.4 Å². The first-order chi connectivity index (χ1) is 8.83. The third-order valence-corrected chi connectivity index (χ3v) is 3.13. The third kappa shape index (κ3) is 2.22. The van der Waals surface area contributed by atoms with E-state index in [4.69, 9.17) is 4.74 Å². The Hall–Kier alpha value is -1.87. The summed E-state index contributed by atoms with van der Waals surface area (Å²) in [6.07, 6.45) is 1.76. The summed E-state index contributed by atoms with van der Waals surface area (Å²) in [5.74, 6) is 1.62. The number of benzene rings is 2. The van der Waals surface area contributed by atoms with Crippen molar-refractivity contribution in [1.82, 2.24) is 4.98 Å². The van der Waals surface area contributed by atoms with Crippen molar-refractivity contribution in [3.8, 4) is 11.5 Å². The van der Waals surface area contributed by atoms with Crippen LogP contribution in [-0.2, 0) is 0 Å². The van der Waals surface area contributed by atoms with Crippen molar-refractivity contribution in [3.05, 3.63) is 65.3 Å². The molecule has 0 saturated carbocycles. The zero-order chi connectivity index (χ0) is 12.4. The highest BCUT2D eigenvalue weighted by atomic mass is 79.9. The summed E-state index contributed by atoms with van der Waals surface area (Å²) in [5, 5.41) is 1.01. The molecular formula is C15H10BrNO. The van der Waals surface area contributed by atoms with Crippen molar-refractivity contribution >= 4 is 26.8 Å². The van der Waals surface area contributed by atoms with E-state index in [2.05, 4.69) is 20.9 Å². The number of aromatic nitrogens is 1. The molecule has 0 spiro atoms. The molecule has 0 fully saturated rings. The highest BCUT2D eigenvalue weighted by molar-refractivity contribution is 9.10. The molecule has 3 aromatic rings. The number of pyridine rings is 1. The highest BCUT2D eigenvalue weighted by Crippen LogP contribution is 2.29. The van der Waals surface area contributed by atoms with Crippen molar-refractivity contribution in [3.63, 3.8) is 0 Å². The smallest absolute Gasteiger partial charge is 0.138 e. The second kappa shape index (κ2) is 4.78. The van der Waals surface area contributed by atoms with Crippen molar-refractivity contribution in [2.75, 3.05) is 0 Å². The molecule has 3 rings (SSSR count). The molecule has 3 heteroatoms. The largest absolute Gasteiger partial charge is 0.457 e. The van der Waals surface area contributed by atoms with Crippen LogP contribution in [0.3, 0.4) is 0 Å². The molecular weight excluding hydrogens is 290 g/mol. The summed E-state index contributed by atoms with van der Waals surface area (Å²) in [7, 11) is 0. The number of hydrogen-bond donors (Lipinski definition) is 0. The molecule has 0 saturated heterocycles. The van der Waals surface area contributed by atoms with Gasteiger partial charge in [0.15, 0.2) is 0 Å². The average molecular weight is 300 g/mol. The van der Waals surface area contributed by atoms with Crippen LogP contribution < -0.4 is 4.74 Å². The lowest BCUT2D eigenvalue weighted by molar-refractivity contribution is 0.487. The number of halogens is 1. The average Bonchev–Trinajstić information content (AvgIpc) is 2.39. The van der Waals surface area contributed by atoms with Gasteiger partial charge in [0.05, 0.1) is 5.52 Å². The maximum atomic E-state index is 5.90. The van der Waals surface area contributed by atoms with Crippen LogP contribution in [-0.4, -0.2) is 4.98 Å². The molecule has 2 nitrogen and oxygen atoms in total. The van der Waals surface area contributed by atoms with E-state index >= 15 is 0 Å². The normalized spacial score (nSPS) is 10.5. The summed E-state index contributed by atoms with van der Waals surface area (Å²) in [6.45, 7) is 0. The predicted octanol–water partition coefficient (Wildman–Crippen LogP) is 4.79. The van der Waals surface area contributed by atoms with E-state index in [1.165, 1.54) is 0 Å². The molecule has 0 aliphatic heterocycles. The van der Waals surface area contributed by atoms with E-state index in [9.17, 15) is 0 Å². The first-order valence-corrected chi connectivity index (χ1v) is 6.39. The Bertz CT molecular complexity index is 691. The molecule has 0 radical (unpaired) electrons. The monoisotopic (exact) mass is 299 g/mol. The van der Waals surface area contributed by atoms with E-state index in [-0.39, 0.29) is 0 Å². The van der Waals surface area contributed by atoms with Crippen molar-refractivity contribution < 1.29 is 4.74 Å². The molecule has 0 amide bonds. The Kier molecular flexibility index (Phi) is 2.99. The predicted molar refractivity (Wildman–Crippen MR) is 76.0 cm³/mol. The lowest BCUT2D eigenvalue weighted by atomic mass is 10.2. The first kappa shape index (κ1) is 11.2. The maximum absolute atomic E-state index is 5.90. The summed E-state index contributed by atoms with van der Waals surface area (Å²) in [5.41, 5.74) is 0.935. The minimum atomic E-state index is 0.806. The zero-order valence-corrected chi connectivity index (χ0v) is 11.1. The maximum Gasteiger partial charge on any atom is 0.138 e. The molecule has 18 heavy (non-hydrogen) atoms. The fourth-order valence-corrected chi connectivity index (χ4v) is 2.19. The van der Waals surface area contributed by atoms with Gasteiger partial charge in [0.1, 0.15) is 11.5 Å². The molecule has 1 aromatic heterocycles.